The van der Waals surface area contributed by atoms with Crippen LogP contribution in [-0.2, 0) is 14.9 Å². The van der Waals surface area contributed by atoms with Gasteiger partial charge < -0.3 is 4.90 Å². The fourth-order valence-electron chi connectivity index (χ4n) is 1.67. The van der Waals surface area contributed by atoms with Crippen LogP contribution in [0.5, 0.6) is 0 Å². The van der Waals surface area contributed by atoms with Crippen molar-refractivity contribution in [3.63, 3.8) is 0 Å². The number of unbranched alkanes of at least 4 members (excludes halogenated alkanes) is 2. The molecular formula is C11H23NO4S. The summed E-state index contributed by atoms with van der Waals surface area (Å²) in [6, 6.07) is 0. The van der Waals surface area contributed by atoms with Crippen molar-refractivity contribution in [2.45, 2.75) is 32.6 Å². The number of carbonyl (C=O) groups is 1. The van der Waals surface area contributed by atoms with Crippen LogP contribution in [0.4, 0.5) is 0 Å². The Bertz CT molecular complexity index is 324. The van der Waals surface area contributed by atoms with E-state index in [9.17, 15) is 13.2 Å². The first-order valence-electron chi connectivity index (χ1n) is 5.89. The molecule has 0 aliphatic carbocycles. The van der Waals surface area contributed by atoms with E-state index < -0.39 is 21.8 Å². The molecule has 0 fully saturated rings. The lowest BCUT2D eigenvalue weighted by Gasteiger charge is -2.16. The van der Waals surface area contributed by atoms with Crippen LogP contribution in [0.3, 0.4) is 0 Å². The summed E-state index contributed by atoms with van der Waals surface area (Å²) in [5, 5.41) is 0. The molecule has 1 atom stereocenters. The molecule has 0 rings (SSSR count). The molecule has 0 heterocycles. The molecule has 0 radical (unpaired) electrons. The molecule has 0 bridgehead atoms. The zero-order chi connectivity index (χ0) is 13.5. The van der Waals surface area contributed by atoms with Gasteiger partial charge in [0.1, 0.15) is 0 Å². The number of rotatable bonds is 9. The van der Waals surface area contributed by atoms with Crippen molar-refractivity contribution in [2.75, 3.05) is 26.4 Å². The molecule has 6 heteroatoms. The van der Waals surface area contributed by atoms with Gasteiger partial charge in [-0.15, -0.1) is 0 Å². The maximum absolute atomic E-state index is 11.8. The molecule has 0 aromatic rings. The van der Waals surface area contributed by atoms with Crippen LogP contribution >= 0.6 is 0 Å². The topological polar surface area (TPSA) is 74.7 Å². The third-order valence-electron chi connectivity index (χ3n) is 2.50. The number of carbonyl (C=O) groups excluding carboxylic acids is 1. The molecule has 0 saturated heterocycles. The first kappa shape index (κ1) is 16.5. The van der Waals surface area contributed by atoms with Crippen LogP contribution in [0.15, 0.2) is 0 Å². The van der Waals surface area contributed by atoms with Crippen LogP contribution in [0, 0.1) is 5.92 Å². The Balaban J connectivity index is 4.44. The molecule has 1 N–H and O–H groups in total. The fraction of sp³-hybridized carbons (Fsp3) is 0.909. The van der Waals surface area contributed by atoms with E-state index in [1.54, 1.807) is 19.0 Å². The van der Waals surface area contributed by atoms with Crippen LogP contribution in [-0.4, -0.2) is 50.0 Å². The Labute approximate surface area is 104 Å². The normalized spacial score (nSPS) is 13.9. The van der Waals surface area contributed by atoms with Crippen LogP contribution < -0.4 is 0 Å². The van der Waals surface area contributed by atoms with Crippen LogP contribution in [0.25, 0.3) is 0 Å². The second-order valence-electron chi connectivity index (χ2n) is 4.65. The van der Waals surface area contributed by atoms with Gasteiger partial charge in [0.15, 0.2) is 5.78 Å². The first-order valence-corrected chi connectivity index (χ1v) is 7.49. The summed E-state index contributed by atoms with van der Waals surface area (Å²) in [6.45, 7) is 2.26. The molecule has 0 spiro atoms. The minimum atomic E-state index is -4.08. The second-order valence-corrected chi connectivity index (χ2v) is 6.14. The second kappa shape index (κ2) is 7.79. The fourth-order valence-corrected chi connectivity index (χ4v) is 2.53. The van der Waals surface area contributed by atoms with Crippen molar-refractivity contribution < 1.29 is 17.8 Å². The summed E-state index contributed by atoms with van der Waals surface area (Å²) in [6.07, 6.45) is 3.33. The number of nitrogens with zero attached hydrogens (tertiary/aromatic N) is 1. The van der Waals surface area contributed by atoms with Crippen molar-refractivity contribution in [1.82, 2.24) is 4.90 Å². The summed E-state index contributed by atoms with van der Waals surface area (Å²) >= 11 is 0. The van der Waals surface area contributed by atoms with Gasteiger partial charge in [0.25, 0.3) is 10.1 Å². The zero-order valence-corrected chi connectivity index (χ0v) is 11.7. The van der Waals surface area contributed by atoms with E-state index in [1.165, 1.54) is 0 Å². The number of hydrogen-bond donors (Lipinski definition) is 1. The largest absolute Gasteiger partial charge is 0.302 e. The molecule has 1 unspecified atom stereocenters. The number of Topliss-reactive ketones (excluding diaryl/α,β-unsaturated/α-hetero) is 1. The van der Waals surface area contributed by atoms with E-state index in [0.717, 1.165) is 19.3 Å². The third-order valence-corrected chi connectivity index (χ3v) is 3.32. The summed E-state index contributed by atoms with van der Waals surface area (Å²) in [4.78, 5) is 13.5. The highest BCUT2D eigenvalue weighted by molar-refractivity contribution is 7.85. The lowest BCUT2D eigenvalue weighted by molar-refractivity contribution is -0.123. The van der Waals surface area contributed by atoms with Crippen molar-refractivity contribution in [1.29, 1.82) is 0 Å². The molecule has 0 amide bonds. The van der Waals surface area contributed by atoms with Crippen LogP contribution in [0.2, 0.25) is 0 Å². The summed E-state index contributed by atoms with van der Waals surface area (Å²) in [7, 11) is -0.564. The Hall–Kier alpha value is -0.460. The summed E-state index contributed by atoms with van der Waals surface area (Å²) < 4.78 is 30.5. The lowest BCUT2D eigenvalue weighted by Crippen LogP contribution is -2.31. The molecule has 0 aliphatic rings. The molecule has 0 aliphatic heterocycles. The molecule has 102 valence electrons. The van der Waals surface area contributed by atoms with Crippen molar-refractivity contribution >= 4 is 15.9 Å². The number of ketones is 1. The quantitative estimate of drug-likeness (QED) is 0.501. The van der Waals surface area contributed by atoms with Crippen LogP contribution in [0.1, 0.15) is 32.6 Å². The Morgan fingerprint density at radius 2 is 1.88 bits per heavy atom. The van der Waals surface area contributed by atoms with Crippen molar-refractivity contribution in [3.8, 4) is 0 Å². The van der Waals surface area contributed by atoms with E-state index in [4.69, 9.17) is 4.55 Å². The van der Waals surface area contributed by atoms with Gasteiger partial charge in [0.2, 0.25) is 0 Å². The van der Waals surface area contributed by atoms with E-state index in [-0.39, 0.29) is 12.3 Å². The Morgan fingerprint density at radius 3 is 2.29 bits per heavy atom. The first-order chi connectivity index (χ1) is 7.76. The smallest absolute Gasteiger partial charge is 0.265 e. The average molecular weight is 265 g/mol. The van der Waals surface area contributed by atoms with Crippen molar-refractivity contribution in [3.05, 3.63) is 0 Å². The van der Waals surface area contributed by atoms with Gasteiger partial charge in [0.05, 0.1) is 12.3 Å². The predicted octanol–water partition coefficient (Wildman–Crippen LogP) is 1.20. The van der Waals surface area contributed by atoms with Gasteiger partial charge in [0, 0.05) is 5.92 Å². The Kier molecular flexibility index (Phi) is 7.58. The highest BCUT2D eigenvalue weighted by Crippen LogP contribution is 2.14. The maximum atomic E-state index is 11.8. The third kappa shape index (κ3) is 9.26. The summed E-state index contributed by atoms with van der Waals surface area (Å²) in [5.74, 6) is -1.16. The van der Waals surface area contributed by atoms with Gasteiger partial charge in [-0.05, 0) is 20.5 Å². The minimum absolute atomic E-state index is 0.122. The molecule has 0 aromatic carbocycles. The van der Waals surface area contributed by atoms with E-state index >= 15 is 0 Å². The van der Waals surface area contributed by atoms with Gasteiger partial charge >= 0.3 is 0 Å². The van der Waals surface area contributed by atoms with E-state index in [0.29, 0.717) is 6.42 Å². The molecule has 5 nitrogen and oxygen atoms in total. The van der Waals surface area contributed by atoms with Gasteiger partial charge in [-0.25, -0.2) is 0 Å². The lowest BCUT2D eigenvalue weighted by atomic mass is 9.98. The highest BCUT2D eigenvalue weighted by Gasteiger charge is 2.23. The van der Waals surface area contributed by atoms with Gasteiger partial charge in [-0.1, -0.05) is 26.2 Å². The molecule has 0 saturated carbocycles. The van der Waals surface area contributed by atoms with Gasteiger partial charge in [-0.3, -0.25) is 9.35 Å². The van der Waals surface area contributed by atoms with E-state index in [1.807, 2.05) is 6.92 Å². The standard InChI is InChI=1S/C11H23NO4S/c1-4-5-6-7-10(9-17(14,15)16)11(13)8-12(2)3/h10H,4-9H2,1-3H3,(H,14,15,16). The molecule has 0 aromatic heterocycles. The Morgan fingerprint density at radius 1 is 1.29 bits per heavy atom. The monoisotopic (exact) mass is 265 g/mol. The number of hydrogen-bond acceptors (Lipinski definition) is 4. The minimum Gasteiger partial charge on any atom is -0.302 e. The SMILES string of the molecule is CCCCCC(CS(=O)(=O)O)C(=O)CN(C)C. The average Bonchev–Trinajstić information content (AvgIpc) is 2.13. The van der Waals surface area contributed by atoms with Gasteiger partial charge in [-0.2, -0.15) is 8.42 Å². The summed E-state index contributed by atoms with van der Waals surface area (Å²) in [5.41, 5.74) is 0. The van der Waals surface area contributed by atoms with E-state index in [2.05, 4.69) is 0 Å². The molecular weight excluding hydrogens is 242 g/mol. The maximum Gasteiger partial charge on any atom is 0.265 e. The molecule has 17 heavy (non-hydrogen) atoms. The predicted molar refractivity (Wildman–Crippen MR) is 67.6 cm³/mol. The number of likely N-dealkylation sites (N-methyl/N-ethyl adjacent to an activating group) is 1. The van der Waals surface area contributed by atoms with Crippen molar-refractivity contribution in [2.24, 2.45) is 5.92 Å². The highest BCUT2D eigenvalue weighted by atomic mass is 32.2. The zero-order valence-electron chi connectivity index (χ0n) is 10.8.